The molecule has 21 heavy (non-hydrogen) atoms. The molecule has 0 unspecified atom stereocenters. The second-order valence-corrected chi connectivity index (χ2v) is 5.66. The lowest BCUT2D eigenvalue weighted by atomic mass is 10.0. The van der Waals surface area contributed by atoms with Crippen molar-refractivity contribution in [1.82, 2.24) is 10.1 Å². The molecule has 1 aliphatic rings. The number of hydrogen-bond donors (Lipinski definition) is 1. The van der Waals surface area contributed by atoms with Crippen LogP contribution in [0.2, 0.25) is 0 Å². The number of nitrogens with two attached hydrogens (primary N) is 1. The van der Waals surface area contributed by atoms with Gasteiger partial charge in [-0.2, -0.15) is 4.98 Å². The Morgan fingerprint density at radius 2 is 1.90 bits per heavy atom. The largest absolute Gasteiger partial charge is 0.399 e. The van der Waals surface area contributed by atoms with Gasteiger partial charge < -0.3 is 15.0 Å². The minimum Gasteiger partial charge on any atom is -0.399 e. The van der Waals surface area contributed by atoms with Crippen LogP contribution in [-0.4, -0.2) is 17.3 Å². The SMILES string of the molecule is COC1(c2noc(CCc3ccc(N)cc3)n2)CCCC1. The molecule has 5 nitrogen and oxygen atoms in total. The third-order valence-corrected chi connectivity index (χ3v) is 4.28. The van der Waals surface area contributed by atoms with Crippen molar-refractivity contribution in [3.05, 3.63) is 41.5 Å². The number of benzene rings is 1. The van der Waals surface area contributed by atoms with Gasteiger partial charge >= 0.3 is 0 Å². The van der Waals surface area contributed by atoms with Crippen LogP contribution in [0.1, 0.15) is 43.0 Å². The second kappa shape index (κ2) is 5.85. The van der Waals surface area contributed by atoms with Crippen molar-refractivity contribution in [3.8, 4) is 0 Å². The molecule has 1 aliphatic carbocycles. The summed E-state index contributed by atoms with van der Waals surface area (Å²) >= 11 is 0. The average Bonchev–Trinajstić information content (AvgIpc) is 3.16. The lowest BCUT2D eigenvalue weighted by Gasteiger charge is -2.22. The van der Waals surface area contributed by atoms with Gasteiger partial charge in [-0.3, -0.25) is 0 Å². The monoisotopic (exact) mass is 287 g/mol. The van der Waals surface area contributed by atoms with E-state index in [-0.39, 0.29) is 5.60 Å². The van der Waals surface area contributed by atoms with E-state index < -0.39 is 0 Å². The Bertz CT molecular complexity index is 586. The van der Waals surface area contributed by atoms with Crippen LogP contribution in [0.4, 0.5) is 5.69 Å². The quantitative estimate of drug-likeness (QED) is 0.856. The molecule has 3 rings (SSSR count). The first kappa shape index (κ1) is 14.1. The number of aromatic nitrogens is 2. The first-order chi connectivity index (χ1) is 10.2. The fourth-order valence-corrected chi connectivity index (χ4v) is 2.94. The molecule has 0 radical (unpaired) electrons. The van der Waals surface area contributed by atoms with Crippen LogP contribution in [0, 0.1) is 0 Å². The highest BCUT2D eigenvalue weighted by Gasteiger charge is 2.40. The fraction of sp³-hybridized carbons (Fsp3) is 0.500. The van der Waals surface area contributed by atoms with E-state index in [1.807, 2.05) is 24.3 Å². The molecule has 1 aromatic heterocycles. The molecule has 1 aromatic carbocycles. The van der Waals surface area contributed by atoms with Crippen LogP contribution in [0.5, 0.6) is 0 Å². The van der Waals surface area contributed by atoms with Crippen molar-refractivity contribution in [3.63, 3.8) is 0 Å². The minimum atomic E-state index is -0.330. The van der Waals surface area contributed by atoms with Crippen molar-refractivity contribution in [2.45, 2.75) is 44.1 Å². The van der Waals surface area contributed by atoms with E-state index in [0.29, 0.717) is 11.7 Å². The molecule has 2 N–H and O–H groups in total. The molecule has 0 spiro atoms. The Morgan fingerprint density at radius 3 is 2.57 bits per heavy atom. The molecule has 5 heteroatoms. The molecule has 0 bridgehead atoms. The summed E-state index contributed by atoms with van der Waals surface area (Å²) in [6.07, 6.45) is 5.85. The maximum atomic E-state index is 5.68. The lowest BCUT2D eigenvalue weighted by Crippen LogP contribution is -2.26. The molecular formula is C16H21N3O2. The Hall–Kier alpha value is -1.88. The summed E-state index contributed by atoms with van der Waals surface area (Å²) in [5, 5.41) is 4.14. The number of nitrogens with zero attached hydrogens (tertiary/aromatic N) is 2. The normalized spacial score (nSPS) is 17.2. The molecular weight excluding hydrogens is 266 g/mol. The van der Waals surface area contributed by atoms with Crippen molar-refractivity contribution in [2.24, 2.45) is 0 Å². The zero-order valence-electron chi connectivity index (χ0n) is 12.3. The number of rotatable bonds is 5. The van der Waals surface area contributed by atoms with Gasteiger partial charge in [0.05, 0.1) is 0 Å². The lowest BCUT2D eigenvalue weighted by molar-refractivity contribution is -0.0178. The predicted octanol–water partition coefficient (Wildman–Crippen LogP) is 2.85. The highest BCUT2D eigenvalue weighted by molar-refractivity contribution is 5.39. The van der Waals surface area contributed by atoms with Crippen LogP contribution in [0.3, 0.4) is 0 Å². The van der Waals surface area contributed by atoms with Crippen LogP contribution in [0.15, 0.2) is 28.8 Å². The minimum absolute atomic E-state index is 0.330. The van der Waals surface area contributed by atoms with Gasteiger partial charge in [0.15, 0.2) is 0 Å². The van der Waals surface area contributed by atoms with E-state index in [0.717, 1.165) is 44.2 Å². The number of anilines is 1. The van der Waals surface area contributed by atoms with Crippen molar-refractivity contribution in [1.29, 1.82) is 0 Å². The maximum absolute atomic E-state index is 5.68. The number of nitrogen functional groups attached to an aromatic ring is 1. The summed E-state index contributed by atoms with van der Waals surface area (Å²) < 4.78 is 11.1. The van der Waals surface area contributed by atoms with Crippen LogP contribution < -0.4 is 5.73 Å². The molecule has 0 atom stereocenters. The Labute approximate surface area is 124 Å². The summed E-state index contributed by atoms with van der Waals surface area (Å²) in [6, 6.07) is 7.88. The van der Waals surface area contributed by atoms with E-state index >= 15 is 0 Å². The Balaban J connectivity index is 1.66. The molecule has 1 heterocycles. The molecule has 0 saturated heterocycles. The summed E-state index contributed by atoms with van der Waals surface area (Å²) in [5.74, 6) is 1.37. The van der Waals surface area contributed by atoms with E-state index in [1.54, 1.807) is 7.11 Å². The Morgan fingerprint density at radius 1 is 1.19 bits per heavy atom. The number of hydrogen-bond acceptors (Lipinski definition) is 5. The fourth-order valence-electron chi connectivity index (χ4n) is 2.94. The molecule has 2 aromatic rings. The van der Waals surface area contributed by atoms with Crippen LogP contribution in [-0.2, 0) is 23.2 Å². The van der Waals surface area contributed by atoms with Gasteiger partial charge in [0.2, 0.25) is 11.7 Å². The molecule has 1 saturated carbocycles. The zero-order valence-corrected chi connectivity index (χ0v) is 12.3. The van der Waals surface area contributed by atoms with Gasteiger partial charge in [0, 0.05) is 19.2 Å². The average molecular weight is 287 g/mol. The van der Waals surface area contributed by atoms with E-state index in [1.165, 1.54) is 5.56 Å². The highest BCUT2D eigenvalue weighted by atomic mass is 16.5. The molecule has 1 fully saturated rings. The topological polar surface area (TPSA) is 74.2 Å². The van der Waals surface area contributed by atoms with Crippen LogP contribution >= 0.6 is 0 Å². The first-order valence-electron chi connectivity index (χ1n) is 7.44. The standard InChI is InChI=1S/C16H21N3O2/c1-20-16(10-2-3-11-16)15-18-14(21-19-15)9-6-12-4-7-13(17)8-5-12/h4-5,7-8H,2-3,6,9-11,17H2,1H3. The summed E-state index contributed by atoms with van der Waals surface area (Å²) in [6.45, 7) is 0. The van der Waals surface area contributed by atoms with Gasteiger partial charge in [-0.15, -0.1) is 0 Å². The number of aryl methyl sites for hydroxylation is 2. The molecule has 112 valence electrons. The third kappa shape index (κ3) is 2.93. The van der Waals surface area contributed by atoms with Gasteiger partial charge in [0.1, 0.15) is 5.60 Å². The summed E-state index contributed by atoms with van der Waals surface area (Å²) in [5.41, 5.74) is 7.35. The maximum Gasteiger partial charge on any atom is 0.227 e. The van der Waals surface area contributed by atoms with Crippen molar-refractivity contribution in [2.75, 3.05) is 12.8 Å². The zero-order chi connectivity index (χ0) is 14.7. The van der Waals surface area contributed by atoms with Gasteiger partial charge in [-0.1, -0.05) is 17.3 Å². The van der Waals surface area contributed by atoms with Gasteiger partial charge in [-0.25, -0.2) is 0 Å². The first-order valence-corrected chi connectivity index (χ1v) is 7.44. The smallest absolute Gasteiger partial charge is 0.227 e. The summed E-state index contributed by atoms with van der Waals surface area (Å²) in [7, 11) is 1.73. The number of ether oxygens (including phenoxy) is 1. The number of methoxy groups -OCH3 is 1. The molecule has 0 aliphatic heterocycles. The second-order valence-electron chi connectivity index (χ2n) is 5.66. The Kier molecular flexibility index (Phi) is 3.92. The van der Waals surface area contributed by atoms with E-state index in [2.05, 4.69) is 10.1 Å². The van der Waals surface area contributed by atoms with Gasteiger partial charge in [-0.05, 0) is 49.8 Å². The van der Waals surface area contributed by atoms with Crippen molar-refractivity contribution >= 4 is 5.69 Å². The van der Waals surface area contributed by atoms with Crippen LogP contribution in [0.25, 0.3) is 0 Å². The highest BCUT2D eigenvalue weighted by Crippen LogP contribution is 2.40. The van der Waals surface area contributed by atoms with E-state index in [4.69, 9.17) is 15.0 Å². The van der Waals surface area contributed by atoms with Gasteiger partial charge in [0.25, 0.3) is 0 Å². The molecule has 0 amide bonds. The summed E-state index contributed by atoms with van der Waals surface area (Å²) in [4.78, 5) is 4.54. The van der Waals surface area contributed by atoms with Crippen molar-refractivity contribution < 1.29 is 9.26 Å². The third-order valence-electron chi connectivity index (χ3n) is 4.28. The van der Waals surface area contributed by atoms with E-state index in [9.17, 15) is 0 Å². The predicted molar refractivity (Wildman–Crippen MR) is 79.7 cm³/mol.